The average Bonchev–Trinajstić information content (AvgIpc) is 3.22. The number of nitrogens with zero attached hydrogens (tertiary/aromatic N) is 2. The Morgan fingerprint density at radius 2 is 2.08 bits per heavy atom. The van der Waals surface area contributed by atoms with E-state index in [0.717, 1.165) is 37.4 Å². The molecule has 0 unspecified atom stereocenters. The molecule has 0 spiro atoms. The maximum absolute atomic E-state index is 9.32. The van der Waals surface area contributed by atoms with Crippen LogP contribution in [0.5, 0.6) is 11.5 Å². The van der Waals surface area contributed by atoms with E-state index in [2.05, 4.69) is 4.90 Å². The molecule has 6 nitrogen and oxygen atoms in total. The Morgan fingerprint density at radius 3 is 2.88 bits per heavy atom. The van der Waals surface area contributed by atoms with Gasteiger partial charge in [0, 0.05) is 25.3 Å². The molecule has 0 aliphatic carbocycles. The summed E-state index contributed by atoms with van der Waals surface area (Å²) in [5.41, 5.74) is 1.62. The third-order valence-electron chi connectivity index (χ3n) is 5.15. The molecule has 2 aromatic rings. The van der Waals surface area contributed by atoms with E-state index in [9.17, 15) is 5.11 Å². The summed E-state index contributed by atoms with van der Waals surface area (Å²) in [6, 6.07) is 3.96. The molecule has 2 aliphatic rings. The van der Waals surface area contributed by atoms with Gasteiger partial charge in [0.15, 0.2) is 11.5 Å². The molecular weight excluding hydrogens is 356 g/mol. The Kier molecular flexibility index (Phi) is 5.07. The zero-order valence-corrected chi connectivity index (χ0v) is 15.6. The van der Waals surface area contributed by atoms with Crippen LogP contribution in [0.15, 0.2) is 16.5 Å². The molecule has 0 radical (unpaired) electrons. The van der Waals surface area contributed by atoms with Crippen molar-refractivity contribution in [3.05, 3.63) is 28.6 Å². The zero-order valence-electron chi connectivity index (χ0n) is 14.8. The predicted octanol–water partition coefficient (Wildman–Crippen LogP) is 3.77. The van der Waals surface area contributed by atoms with Crippen molar-refractivity contribution < 1.29 is 19.0 Å². The average molecular weight is 379 g/mol. The van der Waals surface area contributed by atoms with Gasteiger partial charge in [0.1, 0.15) is 5.76 Å². The first-order valence-electron chi connectivity index (χ1n) is 9.06. The Labute approximate surface area is 157 Å². The maximum atomic E-state index is 9.32. The molecule has 7 heteroatoms. The van der Waals surface area contributed by atoms with E-state index in [4.69, 9.17) is 30.5 Å². The molecule has 0 bridgehead atoms. The lowest BCUT2D eigenvalue weighted by molar-refractivity contribution is 0.111. The number of rotatable bonds is 5. The van der Waals surface area contributed by atoms with Crippen LogP contribution < -0.4 is 9.47 Å². The molecular formula is C19H23ClN2O4. The van der Waals surface area contributed by atoms with E-state index >= 15 is 0 Å². The molecule has 0 saturated carbocycles. The van der Waals surface area contributed by atoms with E-state index in [1.807, 2.05) is 13.0 Å². The van der Waals surface area contributed by atoms with Gasteiger partial charge in [-0.1, -0.05) is 18.0 Å². The number of aliphatic hydroxyl groups excluding tert-OH is 1. The number of benzene rings is 1. The maximum Gasteiger partial charge on any atom is 0.231 e. The smallest absolute Gasteiger partial charge is 0.231 e. The van der Waals surface area contributed by atoms with Crippen LogP contribution in [0.1, 0.15) is 37.1 Å². The molecule has 1 aromatic carbocycles. The van der Waals surface area contributed by atoms with Gasteiger partial charge in [0.2, 0.25) is 12.7 Å². The van der Waals surface area contributed by atoms with Crippen molar-refractivity contribution in [2.45, 2.75) is 45.2 Å². The lowest BCUT2D eigenvalue weighted by Gasteiger charge is -2.35. The van der Waals surface area contributed by atoms with Crippen molar-refractivity contribution in [3.8, 4) is 23.0 Å². The van der Waals surface area contributed by atoms with Gasteiger partial charge in [0.05, 0.1) is 16.3 Å². The predicted molar refractivity (Wildman–Crippen MR) is 97.6 cm³/mol. The van der Waals surface area contributed by atoms with E-state index in [-0.39, 0.29) is 13.4 Å². The lowest BCUT2D eigenvalue weighted by atomic mass is 9.99. The van der Waals surface area contributed by atoms with Crippen LogP contribution in [-0.2, 0) is 6.54 Å². The third kappa shape index (κ3) is 3.41. The number of aliphatic hydroxyl groups is 1. The molecule has 0 amide bonds. The number of halogens is 1. The van der Waals surface area contributed by atoms with Crippen LogP contribution in [0.4, 0.5) is 0 Å². The second-order valence-electron chi connectivity index (χ2n) is 6.84. The van der Waals surface area contributed by atoms with Crippen LogP contribution in [0.3, 0.4) is 0 Å². The number of aromatic nitrogens is 1. The van der Waals surface area contributed by atoms with Crippen LogP contribution >= 0.6 is 11.6 Å². The molecule has 1 fully saturated rings. The first kappa shape index (κ1) is 17.6. The highest BCUT2D eigenvalue weighted by Crippen LogP contribution is 2.41. The van der Waals surface area contributed by atoms with Crippen molar-refractivity contribution >= 4 is 11.6 Å². The molecule has 1 N–H and O–H groups in total. The van der Waals surface area contributed by atoms with Gasteiger partial charge in [-0.2, -0.15) is 0 Å². The molecule has 3 heterocycles. The van der Waals surface area contributed by atoms with Gasteiger partial charge in [0.25, 0.3) is 0 Å². The fraction of sp³-hybridized carbons (Fsp3) is 0.526. The highest BCUT2D eigenvalue weighted by atomic mass is 35.5. The van der Waals surface area contributed by atoms with Gasteiger partial charge >= 0.3 is 0 Å². The Morgan fingerprint density at radius 1 is 1.27 bits per heavy atom. The summed E-state index contributed by atoms with van der Waals surface area (Å²) < 4.78 is 16.7. The summed E-state index contributed by atoms with van der Waals surface area (Å²) in [5, 5.41) is 9.85. The minimum Gasteiger partial charge on any atom is -0.454 e. The zero-order chi connectivity index (χ0) is 18.1. The molecule has 140 valence electrons. The fourth-order valence-corrected chi connectivity index (χ4v) is 3.94. The number of oxazole rings is 1. The summed E-state index contributed by atoms with van der Waals surface area (Å²) >= 11 is 6.39. The Bertz CT molecular complexity index is 790. The number of fused-ring (bicyclic) bond motifs is 1. The third-order valence-corrected chi connectivity index (χ3v) is 5.46. The fourth-order valence-electron chi connectivity index (χ4n) is 3.71. The number of likely N-dealkylation sites (tertiary alicyclic amines) is 1. The van der Waals surface area contributed by atoms with E-state index in [1.54, 1.807) is 6.07 Å². The lowest BCUT2D eigenvalue weighted by Crippen LogP contribution is -2.39. The summed E-state index contributed by atoms with van der Waals surface area (Å²) in [7, 11) is 0. The summed E-state index contributed by atoms with van der Waals surface area (Å²) in [5.74, 6) is 2.59. The first-order chi connectivity index (χ1) is 12.7. The van der Waals surface area contributed by atoms with Crippen molar-refractivity contribution in [1.29, 1.82) is 0 Å². The molecule has 1 atom stereocenters. The van der Waals surface area contributed by atoms with Crippen molar-refractivity contribution in [1.82, 2.24) is 9.88 Å². The summed E-state index contributed by atoms with van der Waals surface area (Å²) in [6.45, 7) is 4.10. The van der Waals surface area contributed by atoms with Crippen molar-refractivity contribution in [3.63, 3.8) is 0 Å². The van der Waals surface area contributed by atoms with Crippen LogP contribution in [0.2, 0.25) is 5.02 Å². The number of hydrogen-bond donors (Lipinski definition) is 1. The molecule has 26 heavy (non-hydrogen) atoms. The van der Waals surface area contributed by atoms with E-state index < -0.39 is 0 Å². The van der Waals surface area contributed by atoms with Gasteiger partial charge in [-0.3, -0.25) is 4.90 Å². The van der Waals surface area contributed by atoms with Crippen LogP contribution in [-0.4, -0.2) is 41.0 Å². The van der Waals surface area contributed by atoms with Crippen LogP contribution in [0.25, 0.3) is 11.5 Å². The van der Waals surface area contributed by atoms with Crippen molar-refractivity contribution in [2.24, 2.45) is 0 Å². The van der Waals surface area contributed by atoms with Crippen molar-refractivity contribution in [2.75, 3.05) is 19.9 Å². The minimum absolute atomic E-state index is 0.201. The van der Waals surface area contributed by atoms with Gasteiger partial charge in [-0.05, 0) is 38.8 Å². The molecule has 1 aromatic heterocycles. The molecule has 1 saturated heterocycles. The largest absolute Gasteiger partial charge is 0.454 e. The number of piperidine rings is 1. The Balaban J connectivity index is 1.58. The number of hydrogen-bond acceptors (Lipinski definition) is 6. The standard InChI is InChI=1S/C19H23ClN2O4/c1-12-16(10-22-6-3-2-4-13(22)5-7-23)21-19(26-12)14-8-17-18(9-15(14)20)25-11-24-17/h8-9,13,23H,2-7,10-11H2,1H3/t13-/m1/s1. The number of ether oxygens (including phenoxy) is 2. The van der Waals surface area contributed by atoms with E-state index in [0.29, 0.717) is 34.0 Å². The van der Waals surface area contributed by atoms with Gasteiger partial charge < -0.3 is 19.0 Å². The first-order valence-corrected chi connectivity index (χ1v) is 9.44. The second-order valence-corrected chi connectivity index (χ2v) is 7.25. The monoisotopic (exact) mass is 378 g/mol. The topological polar surface area (TPSA) is 68.0 Å². The quantitative estimate of drug-likeness (QED) is 0.854. The minimum atomic E-state index is 0.201. The highest BCUT2D eigenvalue weighted by molar-refractivity contribution is 6.33. The Hall–Kier alpha value is -1.76. The second kappa shape index (κ2) is 7.47. The molecule has 4 rings (SSSR count). The SMILES string of the molecule is Cc1oc(-c2cc3c(cc2Cl)OCO3)nc1CN1CCCC[C@@H]1CCO. The number of aryl methyl sites for hydroxylation is 1. The summed E-state index contributed by atoms with van der Waals surface area (Å²) in [6.07, 6.45) is 4.33. The molecule has 2 aliphatic heterocycles. The van der Waals surface area contributed by atoms with Gasteiger partial charge in [-0.25, -0.2) is 4.98 Å². The van der Waals surface area contributed by atoms with Gasteiger partial charge in [-0.15, -0.1) is 0 Å². The summed E-state index contributed by atoms with van der Waals surface area (Å²) in [4.78, 5) is 7.10. The highest BCUT2D eigenvalue weighted by Gasteiger charge is 2.25. The normalized spacial score (nSPS) is 19.9. The van der Waals surface area contributed by atoms with Crippen LogP contribution in [0, 0.1) is 6.92 Å². The van der Waals surface area contributed by atoms with E-state index in [1.165, 1.54) is 12.8 Å².